The van der Waals surface area contributed by atoms with Crippen LogP contribution in [0.15, 0.2) is 29.6 Å². The molecule has 0 amide bonds. The van der Waals surface area contributed by atoms with Crippen molar-refractivity contribution in [2.75, 3.05) is 0 Å². The first-order chi connectivity index (χ1) is 8.18. The topological polar surface area (TPSA) is 51.5 Å². The maximum atomic E-state index is 11.4. The van der Waals surface area contributed by atoms with Crippen LogP contribution in [0.3, 0.4) is 0 Å². The van der Waals surface area contributed by atoms with Gasteiger partial charge in [0.25, 0.3) is 0 Å². The average molecular weight is 226 g/mol. The summed E-state index contributed by atoms with van der Waals surface area (Å²) in [5, 5.41) is 6.32. The Balaban J connectivity index is 2.58. The molecule has 0 bridgehead atoms. The lowest BCUT2D eigenvalue weighted by atomic mass is 10.1. The molecule has 0 N–H and O–H groups in total. The summed E-state index contributed by atoms with van der Waals surface area (Å²) in [7, 11) is 0. The molecule has 4 nitrogen and oxygen atoms in total. The van der Waals surface area contributed by atoms with E-state index in [-0.39, 0.29) is 0 Å². The van der Waals surface area contributed by atoms with Crippen LogP contribution in [-0.4, -0.2) is 11.0 Å². The van der Waals surface area contributed by atoms with E-state index in [1.54, 1.807) is 0 Å². The lowest BCUT2D eigenvalue weighted by Gasteiger charge is -1.99. The van der Waals surface area contributed by atoms with Gasteiger partial charge in [0, 0.05) is 11.6 Å². The van der Waals surface area contributed by atoms with E-state index < -0.39 is 5.97 Å². The largest absolute Gasteiger partial charge is 0.369 e. The van der Waals surface area contributed by atoms with Gasteiger partial charge in [-0.3, -0.25) is 4.98 Å². The van der Waals surface area contributed by atoms with Gasteiger partial charge in [0.2, 0.25) is 0 Å². The molecule has 0 aliphatic carbocycles. The summed E-state index contributed by atoms with van der Waals surface area (Å²) in [6, 6.07) is 5.85. The first-order valence-corrected chi connectivity index (χ1v) is 5.33. The van der Waals surface area contributed by atoms with Gasteiger partial charge in [-0.2, -0.15) is 0 Å². The highest BCUT2D eigenvalue weighted by molar-refractivity contribution is 5.94. The number of fused-ring (bicyclic) bond motifs is 3. The average Bonchev–Trinajstić information content (AvgIpc) is 2.70. The van der Waals surface area contributed by atoms with Crippen molar-refractivity contribution in [2.24, 2.45) is 5.16 Å². The predicted molar refractivity (Wildman–Crippen MR) is 62.7 cm³/mol. The molecule has 0 atom stereocenters. The Morgan fingerprint density at radius 1 is 1.29 bits per heavy atom. The molecule has 17 heavy (non-hydrogen) atoms. The molecule has 1 aromatic carbocycles. The lowest BCUT2D eigenvalue weighted by Crippen LogP contribution is -2.15. The quantitative estimate of drug-likeness (QED) is 0.633. The number of rotatable bonds is 0. The predicted octanol–water partition coefficient (Wildman–Crippen LogP) is 1.13. The Morgan fingerprint density at radius 3 is 2.88 bits per heavy atom. The van der Waals surface area contributed by atoms with Gasteiger partial charge in [-0.05, 0) is 19.1 Å². The summed E-state index contributed by atoms with van der Waals surface area (Å²) in [5.41, 5.74) is 2.46. The number of pyridine rings is 1. The molecule has 2 aromatic rings. The second-order valence-electron chi connectivity index (χ2n) is 4.19. The van der Waals surface area contributed by atoms with E-state index in [2.05, 4.69) is 15.0 Å². The van der Waals surface area contributed by atoms with Crippen molar-refractivity contribution in [1.29, 1.82) is 0 Å². The summed E-state index contributed by atoms with van der Waals surface area (Å²) < 4.78 is 0. The van der Waals surface area contributed by atoms with Crippen molar-refractivity contribution < 1.29 is 9.63 Å². The summed E-state index contributed by atoms with van der Waals surface area (Å²) >= 11 is 0. The van der Waals surface area contributed by atoms with Gasteiger partial charge in [0.15, 0.2) is 0 Å². The van der Waals surface area contributed by atoms with Crippen molar-refractivity contribution >= 4 is 22.4 Å². The van der Waals surface area contributed by atoms with Crippen molar-refractivity contribution in [3.8, 4) is 0 Å². The number of hydrogen-bond donors (Lipinski definition) is 0. The third-order valence-corrected chi connectivity index (χ3v) is 2.85. The Labute approximate surface area is 97.2 Å². The fraction of sp³-hybridized carbons (Fsp3) is 0.154. The van der Waals surface area contributed by atoms with E-state index in [9.17, 15) is 4.79 Å². The van der Waals surface area contributed by atoms with Gasteiger partial charge >= 0.3 is 5.97 Å². The van der Waals surface area contributed by atoms with Gasteiger partial charge in [-0.1, -0.05) is 28.9 Å². The van der Waals surface area contributed by atoms with Gasteiger partial charge in [0.05, 0.1) is 5.52 Å². The fourth-order valence-electron chi connectivity index (χ4n) is 2.00. The maximum Gasteiger partial charge on any atom is 0.369 e. The van der Waals surface area contributed by atoms with E-state index in [1.165, 1.54) is 11.8 Å². The fourth-order valence-corrected chi connectivity index (χ4v) is 2.00. The molecule has 3 rings (SSSR count). The Bertz CT molecular complexity index is 759. The minimum Gasteiger partial charge on any atom is -0.312 e. The first-order valence-electron chi connectivity index (χ1n) is 5.33. The molecule has 0 saturated carbocycles. The smallest absolute Gasteiger partial charge is 0.312 e. The van der Waals surface area contributed by atoms with Gasteiger partial charge in [0.1, 0.15) is 10.9 Å². The van der Waals surface area contributed by atoms with E-state index >= 15 is 0 Å². The SMILES string of the molecule is CC(C)=c1cccc2c3c(cnc12)C(=O)ON=3. The van der Waals surface area contributed by atoms with Crippen molar-refractivity contribution in [1.82, 2.24) is 4.98 Å². The third-order valence-electron chi connectivity index (χ3n) is 2.85. The van der Waals surface area contributed by atoms with E-state index in [0.29, 0.717) is 10.9 Å². The van der Waals surface area contributed by atoms with E-state index in [1.807, 2.05) is 32.0 Å². The number of benzene rings is 1. The van der Waals surface area contributed by atoms with Crippen molar-refractivity contribution in [2.45, 2.75) is 13.8 Å². The normalized spacial score (nSPS) is 13.2. The van der Waals surface area contributed by atoms with Crippen LogP contribution in [-0.2, 0) is 4.84 Å². The molecular weight excluding hydrogens is 216 g/mol. The minimum atomic E-state index is -0.433. The molecule has 1 aliphatic rings. The second kappa shape index (κ2) is 3.38. The Morgan fingerprint density at radius 2 is 2.12 bits per heavy atom. The second-order valence-corrected chi connectivity index (χ2v) is 4.19. The molecule has 0 spiro atoms. The Hall–Kier alpha value is -2.23. The zero-order chi connectivity index (χ0) is 12.0. The number of nitrogens with zero attached hydrogens (tertiary/aromatic N) is 2. The summed E-state index contributed by atoms with van der Waals surface area (Å²) in [6.45, 7) is 4.06. The number of carbonyl (C=O) groups excluding carboxylic acids is 1. The van der Waals surface area contributed by atoms with Crippen LogP contribution in [0.2, 0.25) is 0 Å². The standard InChI is InChI=1S/C13H10N2O2/c1-7(2)8-4-3-5-9-11(8)14-6-10-12(9)15-17-13(10)16/h3-6H,1-2H3. The highest BCUT2D eigenvalue weighted by Gasteiger charge is 2.19. The molecule has 0 unspecified atom stereocenters. The Kier molecular flexibility index (Phi) is 1.98. The molecule has 84 valence electrons. The number of para-hydroxylation sites is 1. The van der Waals surface area contributed by atoms with Crippen molar-refractivity contribution in [3.63, 3.8) is 0 Å². The van der Waals surface area contributed by atoms with Crippen LogP contribution in [0, 0.1) is 0 Å². The van der Waals surface area contributed by atoms with Crippen LogP contribution < -0.4 is 10.6 Å². The highest BCUT2D eigenvalue weighted by Crippen LogP contribution is 2.09. The van der Waals surface area contributed by atoms with E-state index in [4.69, 9.17) is 0 Å². The summed E-state index contributed by atoms with van der Waals surface area (Å²) in [4.78, 5) is 20.4. The van der Waals surface area contributed by atoms with Gasteiger partial charge < -0.3 is 4.84 Å². The maximum absolute atomic E-state index is 11.4. The monoisotopic (exact) mass is 226 g/mol. The van der Waals surface area contributed by atoms with Crippen LogP contribution in [0.5, 0.6) is 0 Å². The van der Waals surface area contributed by atoms with Crippen LogP contribution in [0.1, 0.15) is 24.2 Å². The minimum absolute atomic E-state index is 0.433. The number of carbonyl (C=O) groups is 1. The molecule has 1 aliphatic heterocycles. The highest BCUT2D eigenvalue weighted by atomic mass is 16.7. The molecule has 1 aromatic heterocycles. The molecule has 0 saturated heterocycles. The third kappa shape index (κ3) is 1.34. The summed E-state index contributed by atoms with van der Waals surface area (Å²) in [6.07, 6.45) is 1.53. The zero-order valence-electron chi connectivity index (χ0n) is 9.52. The van der Waals surface area contributed by atoms with Gasteiger partial charge in [-0.15, -0.1) is 0 Å². The molecule has 2 heterocycles. The molecular formula is C13H10N2O2. The number of hydrogen-bond acceptors (Lipinski definition) is 4. The van der Waals surface area contributed by atoms with Gasteiger partial charge in [-0.25, -0.2) is 4.79 Å². The van der Waals surface area contributed by atoms with Crippen LogP contribution in [0.25, 0.3) is 16.5 Å². The molecule has 0 fully saturated rings. The molecule has 0 radical (unpaired) electrons. The molecule has 4 heteroatoms. The van der Waals surface area contributed by atoms with E-state index in [0.717, 1.165) is 16.1 Å². The summed E-state index contributed by atoms with van der Waals surface area (Å²) in [5.74, 6) is -0.433. The lowest BCUT2D eigenvalue weighted by molar-refractivity contribution is 0.0543. The zero-order valence-corrected chi connectivity index (χ0v) is 9.52. The first kappa shape index (κ1) is 9.96. The van der Waals surface area contributed by atoms with Crippen LogP contribution in [0.4, 0.5) is 0 Å². The van der Waals surface area contributed by atoms with Crippen molar-refractivity contribution in [3.05, 3.63) is 40.5 Å². The number of aromatic nitrogens is 1. The van der Waals surface area contributed by atoms with Crippen LogP contribution >= 0.6 is 0 Å².